The standard InChI is InChI=1S/C17H18N2O6/c1-11(2)17(21)12-5-6-15(14(8-12)19(22)23)25-10-16(20)18-9-13-4-3-7-24-13/h3-8,11H,9-10H2,1-2H3,(H,18,20). The predicted octanol–water partition coefficient (Wildman–Crippen LogP) is 2.72. The molecule has 0 radical (unpaired) electrons. The van der Waals surface area contributed by atoms with Crippen molar-refractivity contribution in [1.29, 1.82) is 0 Å². The van der Waals surface area contributed by atoms with E-state index >= 15 is 0 Å². The van der Waals surface area contributed by atoms with E-state index in [0.717, 1.165) is 0 Å². The van der Waals surface area contributed by atoms with Crippen molar-refractivity contribution in [2.24, 2.45) is 5.92 Å². The molecular formula is C17H18N2O6. The SMILES string of the molecule is CC(C)C(=O)c1ccc(OCC(=O)NCc2ccco2)c([N+](=O)[O-])c1. The lowest BCUT2D eigenvalue weighted by atomic mass is 10.0. The predicted molar refractivity (Wildman–Crippen MR) is 88.3 cm³/mol. The van der Waals surface area contributed by atoms with E-state index in [1.54, 1.807) is 26.0 Å². The average molecular weight is 346 g/mol. The minimum atomic E-state index is -0.646. The maximum atomic E-state index is 12.0. The summed E-state index contributed by atoms with van der Waals surface area (Å²) in [7, 11) is 0. The van der Waals surface area contributed by atoms with Crippen LogP contribution in [0.3, 0.4) is 0 Å². The fraction of sp³-hybridized carbons (Fsp3) is 0.294. The fourth-order valence-electron chi connectivity index (χ4n) is 2.06. The Bertz CT molecular complexity index is 767. The van der Waals surface area contributed by atoms with Gasteiger partial charge in [0.05, 0.1) is 17.7 Å². The van der Waals surface area contributed by atoms with Crippen molar-refractivity contribution in [3.63, 3.8) is 0 Å². The third-order valence-electron chi connectivity index (χ3n) is 3.36. The lowest BCUT2D eigenvalue weighted by Crippen LogP contribution is -2.28. The average Bonchev–Trinajstić information content (AvgIpc) is 3.10. The van der Waals surface area contributed by atoms with Gasteiger partial charge in [-0.2, -0.15) is 0 Å². The number of Topliss-reactive ketones (excluding diaryl/α,β-unsaturated/α-hetero) is 1. The van der Waals surface area contributed by atoms with E-state index in [1.807, 2.05) is 0 Å². The number of carbonyl (C=O) groups is 2. The van der Waals surface area contributed by atoms with Gasteiger partial charge in [0.25, 0.3) is 5.91 Å². The van der Waals surface area contributed by atoms with Crippen molar-refractivity contribution >= 4 is 17.4 Å². The van der Waals surface area contributed by atoms with E-state index in [-0.39, 0.29) is 41.9 Å². The molecule has 0 saturated heterocycles. The number of furan rings is 1. The van der Waals surface area contributed by atoms with Crippen LogP contribution in [0.5, 0.6) is 5.75 Å². The van der Waals surface area contributed by atoms with Crippen molar-refractivity contribution in [3.05, 3.63) is 58.0 Å². The molecule has 8 heteroatoms. The third kappa shape index (κ3) is 4.90. The molecule has 1 aromatic heterocycles. The Kier molecular flexibility index (Phi) is 5.89. The Morgan fingerprint density at radius 1 is 1.32 bits per heavy atom. The first-order chi connectivity index (χ1) is 11.9. The number of hydrogen-bond acceptors (Lipinski definition) is 6. The molecule has 8 nitrogen and oxygen atoms in total. The van der Waals surface area contributed by atoms with Gasteiger partial charge in [0.15, 0.2) is 18.1 Å². The zero-order valence-corrected chi connectivity index (χ0v) is 13.9. The van der Waals surface area contributed by atoms with Crippen molar-refractivity contribution in [2.75, 3.05) is 6.61 Å². The monoisotopic (exact) mass is 346 g/mol. The number of hydrogen-bond donors (Lipinski definition) is 1. The minimum absolute atomic E-state index is 0.0709. The number of ketones is 1. The molecule has 0 spiro atoms. The van der Waals surface area contributed by atoms with Gasteiger partial charge in [-0.1, -0.05) is 13.8 Å². The van der Waals surface area contributed by atoms with Gasteiger partial charge in [-0.25, -0.2) is 0 Å². The molecule has 2 aromatic rings. The molecule has 1 heterocycles. The van der Waals surface area contributed by atoms with Gasteiger partial charge in [-0.3, -0.25) is 19.7 Å². The van der Waals surface area contributed by atoms with Crippen molar-refractivity contribution in [1.82, 2.24) is 5.32 Å². The number of nitrogens with zero attached hydrogens (tertiary/aromatic N) is 1. The van der Waals surface area contributed by atoms with Crippen molar-refractivity contribution < 1.29 is 23.7 Å². The zero-order valence-electron chi connectivity index (χ0n) is 13.9. The van der Waals surface area contributed by atoms with Gasteiger partial charge in [-0.15, -0.1) is 0 Å². The first-order valence-corrected chi connectivity index (χ1v) is 7.63. The highest BCUT2D eigenvalue weighted by atomic mass is 16.6. The Balaban J connectivity index is 2.01. The van der Waals surface area contributed by atoms with Crippen LogP contribution in [0.25, 0.3) is 0 Å². The van der Waals surface area contributed by atoms with E-state index in [2.05, 4.69) is 5.32 Å². The second-order valence-electron chi connectivity index (χ2n) is 5.60. The summed E-state index contributed by atoms with van der Waals surface area (Å²) in [5, 5.41) is 13.8. The van der Waals surface area contributed by atoms with Crippen LogP contribution in [0.4, 0.5) is 5.69 Å². The largest absolute Gasteiger partial charge is 0.477 e. The molecule has 25 heavy (non-hydrogen) atoms. The quantitative estimate of drug-likeness (QED) is 0.447. The normalized spacial score (nSPS) is 10.5. The summed E-state index contributed by atoms with van der Waals surface area (Å²) in [6.07, 6.45) is 1.49. The Labute approximate surface area is 143 Å². The van der Waals surface area contributed by atoms with E-state index in [1.165, 1.54) is 24.5 Å². The molecule has 0 bridgehead atoms. The van der Waals surface area contributed by atoms with Gasteiger partial charge in [-0.05, 0) is 24.3 Å². The number of benzene rings is 1. The summed E-state index contributed by atoms with van der Waals surface area (Å²) in [5.74, 6) is -0.424. The molecule has 1 N–H and O–H groups in total. The Hall–Kier alpha value is -3.16. The van der Waals surface area contributed by atoms with Crippen LogP contribution in [0.15, 0.2) is 41.0 Å². The highest BCUT2D eigenvalue weighted by Gasteiger charge is 2.20. The number of rotatable bonds is 8. The molecule has 1 amide bonds. The van der Waals surface area contributed by atoms with Gasteiger partial charge < -0.3 is 14.5 Å². The molecule has 0 aliphatic carbocycles. The van der Waals surface area contributed by atoms with Crippen LogP contribution >= 0.6 is 0 Å². The molecular weight excluding hydrogens is 328 g/mol. The molecule has 132 valence electrons. The molecule has 0 aliphatic heterocycles. The lowest BCUT2D eigenvalue weighted by molar-refractivity contribution is -0.385. The van der Waals surface area contributed by atoms with Gasteiger partial charge in [0, 0.05) is 17.5 Å². The molecule has 0 fully saturated rings. The van der Waals surface area contributed by atoms with Crippen LogP contribution in [0.1, 0.15) is 30.0 Å². The van der Waals surface area contributed by atoms with Crippen LogP contribution < -0.4 is 10.1 Å². The van der Waals surface area contributed by atoms with E-state index in [0.29, 0.717) is 5.76 Å². The lowest BCUT2D eigenvalue weighted by Gasteiger charge is -2.09. The summed E-state index contributed by atoms with van der Waals surface area (Å²) in [5.41, 5.74) is -0.123. The molecule has 0 aliphatic rings. The summed E-state index contributed by atoms with van der Waals surface area (Å²) in [6, 6.07) is 7.34. The second-order valence-corrected chi connectivity index (χ2v) is 5.60. The van der Waals surface area contributed by atoms with Crippen LogP contribution in [0, 0.1) is 16.0 Å². The minimum Gasteiger partial charge on any atom is -0.477 e. The Morgan fingerprint density at radius 2 is 2.08 bits per heavy atom. The molecule has 0 unspecified atom stereocenters. The van der Waals surface area contributed by atoms with Crippen LogP contribution in [-0.2, 0) is 11.3 Å². The van der Waals surface area contributed by atoms with E-state index in [9.17, 15) is 19.7 Å². The Morgan fingerprint density at radius 3 is 2.68 bits per heavy atom. The molecule has 1 aromatic carbocycles. The van der Waals surface area contributed by atoms with E-state index < -0.39 is 10.8 Å². The molecule has 0 saturated carbocycles. The maximum absolute atomic E-state index is 12.0. The zero-order chi connectivity index (χ0) is 18.4. The van der Waals surface area contributed by atoms with Crippen molar-refractivity contribution in [2.45, 2.75) is 20.4 Å². The van der Waals surface area contributed by atoms with Gasteiger partial charge in [0.2, 0.25) is 0 Å². The number of ether oxygens (including phenoxy) is 1. The number of nitro groups is 1. The molecule has 2 rings (SSSR count). The summed E-state index contributed by atoms with van der Waals surface area (Å²) in [6.45, 7) is 3.22. The van der Waals surface area contributed by atoms with Crippen molar-refractivity contribution in [3.8, 4) is 5.75 Å². The number of carbonyl (C=O) groups excluding carboxylic acids is 2. The number of nitrogens with one attached hydrogen (secondary N) is 1. The highest BCUT2D eigenvalue weighted by molar-refractivity contribution is 5.98. The van der Waals surface area contributed by atoms with Crippen LogP contribution in [-0.4, -0.2) is 23.2 Å². The smallest absolute Gasteiger partial charge is 0.311 e. The summed E-state index contributed by atoms with van der Waals surface area (Å²) >= 11 is 0. The third-order valence-corrected chi connectivity index (χ3v) is 3.36. The van der Waals surface area contributed by atoms with Crippen LogP contribution in [0.2, 0.25) is 0 Å². The first kappa shape index (κ1) is 18.2. The van der Waals surface area contributed by atoms with E-state index in [4.69, 9.17) is 9.15 Å². The summed E-state index contributed by atoms with van der Waals surface area (Å²) in [4.78, 5) is 34.3. The number of amides is 1. The second kappa shape index (κ2) is 8.09. The topological polar surface area (TPSA) is 112 Å². The fourth-order valence-corrected chi connectivity index (χ4v) is 2.06. The summed E-state index contributed by atoms with van der Waals surface area (Å²) < 4.78 is 10.3. The highest BCUT2D eigenvalue weighted by Crippen LogP contribution is 2.28. The maximum Gasteiger partial charge on any atom is 0.311 e. The molecule has 0 atom stereocenters. The van der Waals surface area contributed by atoms with Gasteiger partial charge >= 0.3 is 5.69 Å². The number of nitro benzene ring substituents is 1. The van der Waals surface area contributed by atoms with Gasteiger partial charge in [0.1, 0.15) is 5.76 Å². The first-order valence-electron chi connectivity index (χ1n) is 7.63.